The van der Waals surface area contributed by atoms with E-state index in [0.717, 1.165) is 47.6 Å². The number of carbonyl (C=O) groups excluding carboxylic acids is 1. The van der Waals surface area contributed by atoms with Crippen LogP contribution in [0.3, 0.4) is 0 Å². The fourth-order valence-corrected chi connectivity index (χ4v) is 3.81. The van der Waals surface area contributed by atoms with Crippen LogP contribution in [0.5, 0.6) is 0 Å². The predicted molar refractivity (Wildman–Crippen MR) is 77.4 cm³/mol. The summed E-state index contributed by atoms with van der Waals surface area (Å²) in [4.78, 5) is 20.0. The molecule has 1 fully saturated rings. The lowest BCUT2D eigenvalue weighted by Crippen LogP contribution is -2.37. The maximum atomic E-state index is 11.7. The van der Waals surface area contributed by atoms with Crippen molar-refractivity contribution in [2.75, 3.05) is 0 Å². The Morgan fingerprint density at radius 3 is 2.79 bits per heavy atom. The first-order chi connectivity index (χ1) is 9.16. The van der Waals surface area contributed by atoms with Gasteiger partial charge in [0.05, 0.1) is 4.60 Å². The van der Waals surface area contributed by atoms with Gasteiger partial charge in [0.25, 0.3) is 0 Å². The third-order valence-electron chi connectivity index (χ3n) is 3.85. The SMILES string of the molecule is O=CC1(n2c(Br)cc3cnc(Cl)nc32)CCCCC1. The van der Waals surface area contributed by atoms with E-state index in [2.05, 4.69) is 25.9 Å². The molecule has 0 spiro atoms. The molecule has 0 radical (unpaired) electrons. The van der Waals surface area contributed by atoms with E-state index in [-0.39, 0.29) is 5.28 Å². The summed E-state index contributed by atoms with van der Waals surface area (Å²) in [5, 5.41) is 1.10. The highest BCUT2D eigenvalue weighted by atomic mass is 79.9. The highest BCUT2D eigenvalue weighted by molar-refractivity contribution is 9.10. The summed E-state index contributed by atoms with van der Waals surface area (Å²) in [5.74, 6) is 0. The molecule has 3 rings (SSSR count). The number of aldehydes is 1. The molecule has 2 heterocycles. The first-order valence-corrected chi connectivity index (χ1v) is 7.50. The van der Waals surface area contributed by atoms with Gasteiger partial charge in [-0.3, -0.25) is 0 Å². The minimum absolute atomic E-state index is 0.205. The first-order valence-electron chi connectivity index (χ1n) is 6.33. The zero-order chi connectivity index (χ0) is 13.5. The summed E-state index contributed by atoms with van der Waals surface area (Å²) >= 11 is 9.43. The molecule has 0 aromatic carbocycles. The maximum absolute atomic E-state index is 11.7. The predicted octanol–water partition coefficient (Wildman–Crippen LogP) is 3.71. The second kappa shape index (κ2) is 4.87. The van der Waals surface area contributed by atoms with Crippen molar-refractivity contribution in [2.24, 2.45) is 0 Å². The Morgan fingerprint density at radius 1 is 1.37 bits per heavy atom. The Labute approximate surface area is 124 Å². The van der Waals surface area contributed by atoms with Crippen LogP contribution in [0.4, 0.5) is 0 Å². The molecular formula is C13H13BrClN3O. The maximum Gasteiger partial charge on any atom is 0.224 e. The normalized spacial score (nSPS) is 18.6. The Kier molecular flexibility index (Phi) is 3.35. The van der Waals surface area contributed by atoms with Crippen LogP contribution < -0.4 is 0 Å². The lowest BCUT2D eigenvalue weighted by atomic mass is 9.82. The van der Waals surface area contributed by atoms with Crippen LogP contribution in [-0.2, 0) is 10.3 Å². The van der Waals surface area contributed by atoms with Gasteiger partial charge in [0.1, 0.15) is 17.5 Å². The lowest BCUT2D eigenvalue weighted by Gasteiger charge is -2.34. The number of fused-ring (bicyclic) bond motifs is 1. The third-order valence-corrected chi connectivity index (χ3v) is 4.62. The van der Waals surface area contributed by atoms with Crippen molar-refractivity contribution >= 4 is 44.9 Å². The van der Waals surface area contributed by atoms with Gasteiger partial charge in [0.2, 0.25) is 5.28 Å². The molecule has 100 valence electrons. The molecule has 0 amide bonds. The summed E-state index contributed by atoms with van der Waals surface area (Å²) in [6.45, 7) is 0. The average Bonchev–Trinajstić information content (AvgIpc) is 2.75. The smallest absolute Gasteiger partial charge is 0.224 e. The number of rotatable bonds is 2. The number of carbonyl (C=O) groups is 1. The topological polar surface area (TPSA) is 47.8 Å². The van der Waals surface area contributed by atoms with Crippen molar-refractivity contribution in [3.05, 3.63) is 22.1 Å². The standard InChI is InChI=1S/C13H13BrClN3O/c14-10-6-9-7-16-12(15)17-11(9)18(10)13(8-19)4-2-1-3-5-13/h6-8H,1-5H2. The number of halogens is 2. The van der Waals surface area contributed by atoms with E-state index >= 15 is 0 Å². The van der Waals surface area contributed by atoms with Gasteiger partial charge in [-0.1, -0.05) is 19.3 Å². The Bertz CT molecular complexity index is 634. The molecule has 0 N–H and O–H groups in total. The fourth-order valence-electron chi connectivity index (χ4n) is 2.92. The second-order valence-electron chi connectivity index (χ2n) is 5.00. The molecular weight excluding hydrogens is 330 g/mol. The highest BCUT2D eigenvalue weighted by Gasteiger charge is 2.36. The first kappa shape index (κ1) is 13.1. The molecule has 1 aliphatic rings. The van der Waals surface area contributed by atoms with Gasteiger partial charge >= 0.3 is 0 Å². The van der Waals surface area contributed by atoms with Gasteiger partial charge in [-0.15, -0.1) is 0 Å². The van der Waals surface area contributed by atoms with Crippen molar-refractivity contribution in [3.8, 4) is 0 Å². The van der Waals surface area contributed by atoms with E-state index in [4.69, 9.17) is 11.6 Å². The molecule has 0 saturated heterocycles. The Morgan fingerprint density at radius 2 is 2.11 bits per heavy atom. The molecule has 4 nitrogen and oxygen atoms in total. The van der Waals surface area contributed by atoms with Crippen LogP contribution >= 0.6 is 27.5 Å². The minimum atomic E-state index is -0.503. The van der Waals surface area contributed by atoms with Crippen LogP contribution in [0.15, 0.2) is 16.9 Å². The molecule has 2 aromatic rings. The monoisotopic (exact) mass is 341 g/mol. The van der Waals surface area contributed by atoms with Crippen LogP contribution in [-0.4, -0.2) is 20.8 Å². The average molecular weight is 343 g/mol. The van der Waals surface area contributed by atoms with Crippen LogP contribution in [0.25, 0.3) is 11.0 Å². The molecule has 1 aliphatic carbocycles. The molecule has 1 saturated carbocycles. The van der Waals surface area contributed by atoms with Gasteiger partial charge in [0, 0.05) is 11.6 Å². The van der Waals surface area contributed by atoms with Crippen molar-refractivity contribution in [1.29, 1.82) is 0 Å². The van der Waals surface area contributed by atoms with Crippen LogP contribution in [0, 0.1) is 0 Å². The zero-order valence-electron chi connectivity index (χ0n) is 10.3. The van der Waals surface area contributed by atoms with Crippen molar-refractivity contribution in [1.82, 2.24) is 14.5 Å². The summed E-state index contributed by atoms with van der Waals surface area (Å²) in [7, 11) is 0. The van der Waals surface area contributed by atoms with Gasteiger partial charge in [-0.25, -0.2) is 4.98 Å². The highest BCUT2D eigenvalue weighted by Crippen LogP contribution is 2.38. The van der Waals surface area contributed by atoms with Crippen molar-refractivity contribution < 1.29 is 4.79 Å². The molecule has 0 atom stereocenters. The summed E-state index contributed by atoms with van der Waals surface area (Å²) in [5.41, 5.74) is 0.220. The van der Waals surface area contributed by atoms with E-state index < -0.39 is 5.54 Å². The Balaban J connectivity index is 2.25. The molecule has 0 aliphatic heterocycles. The minimum Gasteiger partial charge on any atom is -0.307 e. The third kappa shape index (κ3) is 2.09. The van der Waals surface area contributed by atoms with Gasteiger partial charge in [0.15, 0.2) is 0 Å². The van der Waals surface area contributed by atoms with E-state index in [1.54, 1.807) is 6.20 Å². The number of aromatic nitrogens is 3. The molecule has 6 heteroatoms. The number of hydrogen-bond donors (Lipinski definition) is 0. The van der Waals surface area contributed by atoms with Gasteiger partial charge in [-0.05, 0) is 46.4 Å². The van der Waals surface area contributed by atoms with Crippen LogP contribution in [0.1, 0.15) is 32.1 Å². The van der Waals surface area contributed by atoms with E-state index in [0.29, 0.717) is 0 Å². The number of hydrogen-bond acceptors (Lipinski definition) is 3. The second-order valence-corrected chi connectivity index (χ2v) is 6.15. The van der Waals surface area contributed by atoms with Crippen LogP contribution in [0.2, 0.25) is 5.28 Å². The van der Waals surface area contributed by atoms with E-state index in [1.807, 2.05) is 10.6 Å². The summed E-state index contributed by atoms with van der Waals surface area (Å²) in [6, 6.07) is 1.94. The van der Waals surface area contributed by atoms with Crippen molar-refractivity contribution in [2.45, 2.75) is 37.6 Å². The fraction of sp³-hybridized carbons (Fsp3) is 0.462. The van der Waals surface area contributed by atoms with Gasteiger partial charge < -0.3 is 9.36 Å². The Hall–Kier alpha value is -0.940. The molecule has 0 unspecified atom stereocenters. The summed E-state index contributed by atoms with van der Waals surface area (Å²) in [6.07, 6.45) is 7.75. The molecule has 19 heavy (non-hydrogen) atoms. The lowest BCUT2D eigenvalue weighted by molar-refractivity contribution is -0.116. The number of nitrogens with zero attached hydrogens (tertiary/aromatic N) is 3. The largest absolute Gasteiger partial charge is 0.307 e. The van der Waals surface area contributed by atoms with E-state index in [9.17, 15) is 4.79 Å². The van der Waals surface area contributed by atoms with E-state index in [1.165, 1.54) is 6.42 Å². The molecule has 0 bridgehead atoms. The molecule has 2 aromatic heterocycles. The summed E-state index contributed by atoms with van der Waals surface area (Å²) < 4.78 is 2.83. The van der Waals surface area contributed by atoms with Gasteiger partial charge in [-0.2, -0.15) is 4.98 Å². The zero-order valence-corrected chi connectivity index (χ0v) is 12.6. The quantitative estimate of drug-likeness (QED) is 0.617. The van der Waals surface area contributed by atoms with Crippen molar-refractivity contribution in [3.63, 3.8) is 0 Å².